The quantitative estimate of drug-likeness (QED) is 0.785. The van der Waals surface area contributed by atoms with Gasteiger partial charge in [-0.25, -0.2) is 4.98 Å². The number of likely N-dealkylation sites (N-methyl/N-ethyl adjacent to an activating group) is 1. The summed E-state index contributed by atoms with van der Waals surface area (Å²) < 4.78 is 10.9. The first kappa shape index (κ1) is 16.5. The van der Waals surface area contributed by atoms with Crippen molar-refractivity contribution in [3.63, 3.8) is 0 Å². The van der Waals surface area contributed by atoms with Crippen LogP contribution in [-0.2, 0) is 4.79 Å². The molecule has 2 saturated heterocycles. The largest absolute Gasteiger partial charge is 0.464 e. The van der Waals surface area contributed by atoms with Gasteiger partial charge < -0.3 is 19.1 Å². The summed E-state index contributed by atoms with van der Waals surface area (Å²) in [6, 6.07) is 3.15. The Labute approximate surface area is 149 Å². The first-order valence-corrected chi connectivity index (χ1v) is 8.39. The number of ether oxygens (including phenoxy) is 1. The fourth-order valence-electron chi connectivity index (χ4n) is 3.63. The summed E-state index contributed by atoms with van der Waals surface area (Å²) in [5, 5.41) is 3.79. The zero-order valence-electron chi connectivity index (χ0n) is 14.7. The lowest BCUT2D eigenvalue weighted by Gasteiger charge is -2.21. The Kier molecular flexibility index (Phi) is 3.86. The molecule has 4 heterocycles. The van der Waals surface area contributed by atoms with Gasteiger partial charge in [-0.05, 0) is 13.8 Å². The van der Waals surface area contributed by atoms with Gasteiger partial charge in [0.15, 0.2) is 11.8 Å². The molecule has 2 amide bonds. The van der Waals surface area contributed by atoms with Crippen molar-refractivity contribution in [2.45, 2.75) is 26.0 Å². The van der Waals surface area contributed by atoms with E-state index in [0.29, 0.717) is 30.6 Å². The van der Waals surface area contributed by atoms with Gasteiger partial charge >= 0.3 is 0 Å². The second-order valence-corrected chi connectivity index (χ2v) is 6.69. The summed E-state index contributed by atoms with van der Waals surface area (Å²) in [5.41, 5.74) is 0.278. The SMILES string of the molecule is Cc1nccc(O[C@@H]2C(=O)N(C)[C@@H]3CN(C(=O)c4cc(C)on4)C[C@H]23)n1. The zero-order valence-corrected chi connectivity index (χ0v) is 14.7. The number of hydrogen-bond acceptors (Lipinski definition) is 7. The Bertz CT molecular complexity index is 866. The van der Waals surface area contributed by atoms with Crippen molar-refractivity contribution >= 4 is 11.8 Å². The third-order valence-electron chi connectivity index (χ3n) is 4.94. The van der Waals surface area contributed by atoms with E-state index in [1.165, 1.54) is 0 Å². The third kappa shape index (κ3) is 2.69. The van der Waals surface area contributed by atoms with Crippen molar-refractivity contribution < 1.29 is 18.8 Å². The Morgan fingerprint density at radius 3 is 2.85 bits per heavy atom. The number of hydrogen-bond donors (Lipinski definition) is 0. The Morgan fingerprint density at radius 2 is 2.15 bits per heavy atom. The minimum absolute atomic E-state index is 0.0904. The second kappa shape index (κ2) is 6.08. The molecule has 0 spiro atoms. The van der Waals surface area contributed by atoms with E-state index in [1.54, 1.807) is 49.0 Å². The molecule has 9 heteroatoms. The van der Waals surface area contributed by atoms with E-state index < -0.39 is 6.10 Å². The van der Waals surface area contributed by atoms with Gasteiger partial charge in [-0.2, -0.15) is 4.98 Å². The monoisotopic (exact) mass is 357 g/mol. The van der Waals surface area contributed by atoms with E-state index in [1.807, 2.05) is 0 Å². The molecule has 2 aliphatic rings. The summed E-state index contributed by atoms with van der Waals surface area (Å²) in [4.78, 5) is 36.8. The molecule has 0 unspecified atom stereocenters. The number of aryl methyl sites for hydroxylation is 2. The molecule has 0 saturated carbocycles. The van der Waals surface area contributed by atoms with Gasteiger partial charge in [0.25, 0.3) is 11.8 Å². The summed E-state index contributed by atoms with van der Waals surface area (Å²) in [6.45, 7) is 4.36. The van der Waals surface area contributed by atoms with Gasteiger partial charge in [0.2, 0.25) is 5.88 Å². The zero-order chi connectivity index (χ0) is 18.4. The van der Waals surface area contributed by atoms with Crippen LogP contribution in [0.2, 0.25) is 0 Å². The lowest BCUT2D eigenvalue weighted by molar-refractivity contribution is -0.134. The smallest absolute Gasteiger partial charge is 0.276 e. The molecule has 26 heavy (non-hydrogen) atoms. The van der Waals surface area contributed by atoms with Crippen LogP contribution in [0.15, 0.2) is 22.9 Å². The van der Waals surface area contributed by atoms with E-state index >= 15 is 0 Å². The molecule has 0 N–H and O–H groups in total. The lowest BCUT2D eigenvalue weighted by atomic mass is 10.0. The molecule has 0 aliphatic carbocycles. The average molecular weight is 357 g/mol. The summed E-state index contributed by atoms with van der Waals surface area (Å²) in [7, 11) is 1.74. The van der Waals surface area contributed by atoms with Crippen LogP contribution in [0.5, 0.6) is 5.88 Å². The van der Waals surface area contributed by atoms with Crippen molar-refractivity contribution in [1.82, 2.24) is 24.9 Å². The van der Waals surface area contributed by atoms with Crippen LogP contribution in [0.25, 0.3) is 0 Å². The van der Waals surface area contributed by atoms with Crippen LogP contribution in [-0.4, -0.2) is 69.0 Å². The van der Waals surface area contributed by atoms with E-state index in [-0.39, 0.29) is 29.5 Å². The van der Waals surface area contributed by atoms with Crippen LogP contribution in [0.3, 0.4) is 0 Å². The topological polar surface area (TPSA) is 102 Å². The highest BCUT2D eigenvalue weighted by molar-refractivity contribution is 5.93. The highest BCUT2D eigenvalue weighted by atomic mass is 16.5. The molecule has 0 radical (unpaired) electrons. The van der Waals surface area contributed by atoms with Crippen molar-refractivity contribution in [3.05, 3.63) is 35.6 Å². The number of nitrogens with zero attached hydrogens (tertiary/aromatic N) is 5. The fraction of sp³-hybridized carbons (Fsp3) is 0.471. The fourth-order valence-corrected chi connectivity index (χ4v) is 3.63. The van der Waals surface area contributed by atoms with Crippen LogP contribution in [0.1, 0.15) is 22.1 Å². The Morgan fingerprint density at radius 1 is 1.35 bits per heavy atom. The van der Waals surface area contributed by atoms with E-state index in [9.17, 15) is 9.59 Å². The average Bonchev–Trinajstić information content (AvgIpc) is 3.28. The number of likely N-dealkylation sites (tertiary alicyclic amines) is 2. The minimum Gasteiger partial charge on any atom is -0.464 e. The Hall–Kier alpha value is -2.97. The number of aromatic nitrogens is 3. The number of fused-ring (bicyclic) bond motifs is 1. The maximum Gasteiger partial charge on any atom is 0.276 e. The second-order valence-electron chi connectivity index (χ2n) is 6.69. The van der Waals surface area contributed by atoms with Crippen LogP contribution in [0, 0.1) is 19.8 Å². The van der Waals surface area contributed by atoms with E-state index in [2.05, 4.69) is 15.1 Å². The van der Waals surface area contributed by atoms with Gasteiger partial charge in [-0.1, -0.05) is 5.16 Å². The minimum atomic E-state index is -0.670. The molecule has 4 rings (SSSR count). The summed E-state index contributed by atoms with van der Waals surface area (Å²) in [6.07, 6.45) is 0.923. The van der Waals surface area contributed by atoms with Gasteiger partial charge in [-0.15, -0.1) is 0 Å². The molecule has 2 aromatic rings. The maximum absolute atomic E-state index is 12.6. The summed E-state index contributed by atoms with van der Waals surface area (Å²) in [5.74, 6) is 1.10. The highest BCUT2D eigenvalue weighted by Gasteiger charge is 2.53. The maximum atomic E-state index is 12.6. The predicted molar refractivity (Wildman–Crippen MR) is 88.4 cm³/mol. The van der Waals surface area contributed by atoms with Crippen LogP contribution < -0.4 is 4.74 Å². The van der Waals surface area contributed by atoms with E-state index in [0.717, 1.165) is 0 Å². The Balaban J connectivity index is 1.53. The molecule has 9 nitrogen and oxygen atoms in total. The van der Waals surface area contributed by atoms with Gasteiger partial charge in [0.05, 0.1) is 6.04 Å². The van der Waals surface area contributed by atoms with Crippen molar-refractivity contribution in [2.24, 2.45) is 5.92 Å². The molecular weight excluding hydrogens is 338 g/mol. The lowest BCUT2D eigenvalue weighted by Crippen LogP contribution is -2.40. The number of amides is 2. The molecular formula is C17H19N5O4. The van der Waals surface area contributed by atoms with Crippen molar-refractivity contribution in [1.29, 1.82) is 0 Å². The highest BCUT2D eigenvalue weighted by Crippen LogP contribution is 2.34. The molecule has 2 fully saturated rings. The number of rotatable bonds is 3. The normalized spacial score (nSPS) is 24.9. The molecule has 136 valence electrons. The molecule has 3 atom stereocenters. The molecule has 2 aromatic heterocycles. The first-order valence-electron chi connectivity index (χ1n) is 8.39. The van der Waals surface area contributed by atoms with Crippen LogP contribution in [0.4, 0.5) is 0 Å². The standard InChI is InChI=1S/C17H19N5O4/c1-9-6-12(20-26-9)16(23)22-7-11-13(8-22)21(3)17(24)15(11)25-14-4-5-18-10(2)19-14/h4-6,11,13,15H,7-8H2,1-3H3/t11-,13+,15-/m0/s1. The van der Waals surface area contributed by atoms with E-state index in [4.69, 9.17) is 9.26 Å². The predicted octanol–water partition coefficient (Wildman–Crippen LogP) is 0.442. The van der Waals surface area contributed by atoms with Gasteiger partial charge in [0.1, 0.15) is 11.6 Å². The van der Waals surface area contributed by atoms with Crippen molar-refractivity contribution in [2.75, 3.05) is 20.1 Å². The van der Waals surface area contributed by atoms with Gasteiger partial charge in [0, 0.05) is 44.4 Å². The van der Waals surface area contributed by atoms with Crippen molar-refractivity contribution in [3.8, 4) is 5.88 Å². The van der Waals surface area contributed by atoms with Crippen LogP contribution >= 0.6 is 0 Å². The first-order chi connectivity index (χ1) is 12.4. The van der Waals surface area contributed by atoms with Gasteiger partial charge in [-0.3, -0.25) is 9.59 Å². The summed E-state index contributed by atoms with van der Waals surface area (Å²) >= 11 is 0. The molecule has 0 bridgehead atoms. The molecule has 2 aliphatic heterocycles. The third-order valence-corrected chi connectivity index (χ3v) is 4.94. The number of carbonyl (C=O) groups is 2. The molecule has 0 aromatic carbocycles. The number of carbonyl (C=O) groups excluding carboxylic acids is 2.